The molecule has 0 heterocycles. The number of isocyanates is 1. The van der Waals surface area contributed by atoms with Crippen LogP contribution in [0.3, 0.4) is 0 Å². The number of rotatable bonds is 2. The number of hydrogen-bond acceptors (Lipinski definition) is 3. The first-order valence-electron chi connectivity index (χ1n) is 2.15. The van der Waals surface area contributed by atoms with E-state index in [-0.39, 0.29) is 5.57 Å². The molecule has 0 bridgehead atoms. The first-order valence-corrected chi connectivity index (χ1v) is 2.15. The molecule has 0 fully saturated rings. The minimum atomic E-state index is -1.09. The van der Waals surface area contributed by atoms with Crippen molar-refractivity contribution in [3.05, 3.63) is 11.8 Å². The molecule has 0 saturated heterocycles. The van der Waals surface area contributed by atoms with Gasteiger partial charge in [-0.25, -0.2) is 9.59 Å². The van der Waals surface area contributed by atoms with Crippen molar-refractivity contribution in [1.29, 1.82) is 0 Å². The van der Waals surface area contributed by atoms with Gasteiger partial charge in [0, 0.05) is 0 Å². The number of carboxylic acid groups (broad SMARTS) is 1. The van der Waals surface area contributed by atoms with E-state index in [1.54, 1.807) is 0 Å². The van der Waals surface area contributed by atoms with E-state index in [0.717, 1.165) is 6.20 Å². The molecular formula is C5H5NO3. The molecule has 0 atom stereocenters. The van der Waals surface area contributed by atoms with Gasteiger partial charge in [-0.05, 0) is 6.92 Å². The first kappa shape index (κ1) is 7.59. The molecule has 0 aliphatic heterocycles. The summed E-state index contributed by atoms with van der Waals surface area (Å²) in [6.07, 6.45) is 2.13. The van der Waals surface area contributed by atoms with E-state index in [0.29, 0.717) is 0 Å². The predicted octanol–water partition coefficient (Wildman–Crippen LogP) is 0.311. The van der Waals surface area contributed by atoms with Crippen LogP contribution in [-0.2, 0) is 9.59 Å². The highest BCUT2D eigenvalue weighted by molar-refractivity contribution is 5.85. The van der Waals surface area contributed by atoms with Crippen molar-refractivity contribution < 1.29 is 14.7 Å². The minimum absolute atomic E-state index is 0.0124. The fourth-order valence-corrected chi connectivity index (χ4v) is 0.178. The van der Waals surface area contributed by atoms with Gasteiger partial charge < -0.3 is 5.11 Å². The second-order valence-corrected chi connectivity index (χ2v) is 1.34. The molecule has 0 aromatic rings. The fourth-order valence-electron chi connectivity index (χ4n) is 0.178. The molecule has 0 saturated carbocycles. The maximum Gasteiger partial charge on any atom is 0.332 e. The third kappa shape index (κ3) is 3.20. The maximum atomic E-state index is 9.95. The van der Waals surface area contributed by atoms with Gasteiger partial charge >= 0.3 is 5.97 Å². The van der Waals surface area contributed by atoms with Gasteiger partial charge in [-0.2, -0.15) is 4.99 Å². The lowest BCUT2D eigenvalue weighted by molar-refractivity contribution is -0.132. The van der Waals surface area contributed by atoms with E-state index < -0.39 is 5.97 Å². The maximum absolute atomic E-state index is 9.95. The van der Waals surface area contributed by atoms with Crippen LogP contribution in [0.15, 0.2) is 16.8 Å². The van der Waals surface area contributed by atoms with Gasteiger partial charge in [0.2, 0.25) is 6.08 Å². The van der Waals surface area contributed by atoms with Crippen LogP contribution in [0.2, 0.25) is 0 Å². The Morgan fingerprint density at radius 1 is 1.78 bits per heavy atom. The number of hydrogen-bond donors (Lipinski definition) is 1. The molecule has 1 N–H and O–H groups in total. The highest BCUT2D eigenvalue weighted by Crippen LogP contribution is 1.89. The molecule has 0 rings (SSSR count). The Morgan fingerprint density at radius 3 is 2.67 bits per heavy atom. The third-order valence-corrected chi connectivity index (χ3v) is 0.648. The smallest absolute Gasteiger partial charge is 0.332 e. The Kier molecular flexibility index (Phi) is 3.01. The van der Waals surface area contributed by atoms with Crippen LogP contribution in [0.1, 0.15) is 6.92 Å². The van der Waals surface area contributed by atoms with E-state index in [1.807, 2.05) is 0 Å². The monoisotopic (exact) mass is 127 g/mol. The number of nitrogens with zero attached hydrogens (tertiary/aromatic N) is 1. The highest BCUT2D eigenvalue weighted by atomic mass is 16.4. The summed E-state index contributed by atoms with van der Waals surface area (Å²) in [6.45, 7) is 1.34. The summed E-state index contributed by atoms with van der Waals surface area (Å²) in [7, 11) is 0. The van der Waals surface area contributed by atoms with Crippen LogP contribution >= 0.6 is 0 Å². The van der Waals surface area contributed by atoms with Gasteiger partial charge in [0.25, 0.3) is 0 Å². The Labute approximate surface area is 51.5 Å². The molecule has 4 heteroatoms. The van der Waals surface area contributed by atoms with Crippen LogP contribution < -0.4 is 0 Å². The Hall–Kier alpha value is -1.41. The molecular weight excluding hydrogens is 122 g/mol. The molecule has 0 aromatic heterocycles. The molecule has 0 unspecified atom stereocenters. The average Bonchev–Trinajstić information content (AvgIpc) is 1.82. The highest BCUT2D eigenvalue weighted by Gasteiger charge is 1.95. The average molecular weight is 127 g/mol. The molecule has 0 radical (unpaired) electrons. The van der Waals surface area contributed by atoms with Gasteiger partial charge in [0.05, 0.1) is 11.8 Å². The van der Waals surface area contributed by atoms with Crippen LogP contribution in [0.5, 0.6) is 0 Å². The van der Waals surface area contributed by atoms with Crippen LogP contribution in [-0.4, -0.2) is 17.2 Å². The summed E-state index contributed by atoms with van der Waals surface area (Å²) in [4.78, 5) is 22.3. The largest absolute Gasteiger partial charge is 0.478 e. The molecule has 9 heavy (non-hydrogen) atoms. The normalized spacial score (nSPS) is 10.1. The molecule has 0 amide bonds. The standard InChI is InChI=1S/C5H5NO3/c1-4(5(8)9)2-6-3-7/h2H,1H3,(H,8,9)/b4-2+. The fraction of sp³-hybridized carbons (Fsp3) is 0.200. The van der Waals surface area contributed by atoms with Gasteiger partial charge in [-0.1, -0.05) is 0 Å². The minimum Gasteiger partial charge on any atom is -0.478 e. The zero-order chi connectivity index (χ0) is 7.28. The molecule has 0 aliphatic rings. The van der Waals surface area contributed by atoms with E-state index in [4.69, 9.17) is 5.11 Å². The first-order chi connectivity index (χ1) is 4.18. The zero-order valence-corrected chi connectivity index (χ0v) is 4.79. The van der Waals surface area contributed by atoms with Crippen LogP contribution in [0.4, 0.5) is 0 Å². The Morgan fingerprint density at radius 2 is 2.33 bits per heavy atom. The summed E-state index contributed by atoms with van der Waals surface area (Å²) >= 11 is 0. The topological polar surface area (TPSA) is 66.7 Å². The number of aliphatic imine (C=N–C) groups is 1. The zero-order valence-electron chi connectivity index (χ0n) is 4.79. The van der Waals surface area contributed by atoms with E-state index in [2.05, 4.69) is 4.99 Å². The van der Waals surface area contributed by atoms with Crippen molar-refractivity contribution in [3.63, 3.8) is 0 Å². The lowest BCUT2D eigenvalue weighted by atomic mass is 10.3. The second kappa shape index (κ2) is 3.57. The number of carbonyl (C=O) groups excluding carboxylic acids is 1. The number of carboxylic acids is 1. The van der Waals surface area contributed by atoms with E-state index in [9.17, 15) is 9.59 Å². The van der Waals surface area contributed by atoms with Crippen molar-refractivity contribution in [3.8, 4) is 0 Å². The third-order valence-electron chi connectivity index (χ3n) is 0.648. The summed E-state index contributed by atoms with van der Waals surface area (Å²) < 4.78 is 0. The lowest BCUT2D eigenvalue weighted by Gasteiger charge is -1.83. The lowest BCUT2D eigenvalue weighted by Crippen LogP contribution is -1.94. The molecule has 0 spiro atoms. The van der Waals surface area contributed by atoms with E-state index in [1.165, 1.54) is 13.0 Å². The molecule has 48 valence electrons. The number of carbonyl (C=O) groups is 1. The van der Waals surface area contributed by atoms with Crippen molar-refractivity contribution in [2.24, 2.45) is 4.99 Å². The summed E-state index contributed by atoms with van der Waals surface area (Å²) in [5, 5.41) is 8.15. The SMILES string of the molecule is C/C(=C\N=C=O)C(=O)O. The van der Waals surface area contributed by atoms with Crippen molar-refractivity contribution in [2.45, 2.75) is 6.92 Å². The van der Waals surface area contributed by atoms with Gasteiger partial charge in [-0.3, -0.25) is 0 Å². The summed E-state index contributed by atoms with van der Waals surface area (Å²) in [6, 6.07) is 0. The van der Waals surface area contributed by atoms with Gasteiger partial charge in [0.15, 0.2) is 0 Å². The van der Waals surface area contributed by atoms with Gasteiger partial charge in [-0.15, -0.1) is 0 Å². The van der Waals surface area contributed by atoms with Crippen LogP contribution in [0.25, 0.3) is 0 Å². The Balaban J connectivity index is 4.16. The van der Waals surface area contributed by atoms with Crippen LogP contribution in [0, 0.1) is 0 Å². The quantitative estimate of drug-likeness (QED) is 0.330. The van der Waals surface area contributed by atoms with Crippen molar-refractivity contribution in [2.75, 3.05) is 0 Å². The van der Waals surface area contributed by atoms with Crippen molar-refractivity contribution in [1.82, 2.24) is 0 Å². The summed E-state index contributed by atoms with van der Waals surface area (Å²) in [5.41, 5.74) is 0.0124. The van der Waals surface area contributed by atoms with Gasteiger partial charge in [0.1, 0.15) is 0 Å². The Bertz CT molecular complexity index is 188. The van der Waals surface area contributed by atoms with E-state index >= 15 is 0 Å². The molecule has 4 nitrogen and oxygen atoms in total. The molecule has 0 aromatic carbocycles. The van der Waals surface area contributed by atoms with Crippen molar-refractivity contribution >= 4 is 12.0 Å². The predicted molar refractivity (Wildman–Crippen MR) is 29.5 cm³/mol. The number of aliphatic carboxylic acids is 1. The summed E-state index contributed by atoms with van der Waals surface area (Å²) in [5.74, 6) is -1.09. The molecule has 0 aliphatic carbocycles. The second-order valence-electron chi connectivity index (χ2n) is 1.34.